The van der Waals surface area contributed by atoms with Crippen molar-refractivity contribution in [3.8, 4) is 18.1 Å². The van der Waals surface area contributed by atoms with Crippen LogP contribution in [0.5, 0.6) is 5.75 Å². The van der Waals surface area contributed by atoms with Crippen LogP contribution in [0, 0.1) is 18.2 Å². The Labute approximate surface area is 147 Å². The normalized spacial score (nSPS) is 15.8. The van der Waals surface area contributed by atoms with Gasteiger partial charge in [0.1, 0.15) is 17.7 Å². The van der Waals surface area contributed by atoms with Gasteiger partial charge in [0, 0.05) is 25.5 Å². The third kappa shape index (κ3) is 4.68. The van der Waals surface area contributed by atoms with E-state index in [9.17, 15) is 4.39 Å². The molecule has 2 aromatic rings. The Morgan fingerprint density at radius 2 is 2.12 bits per heavy atom. The first-order valence-electron chi connectivity index (χ1n) is 8.43. The van der Waals surface area contributed by atoms with Crippen LogP contribution in [0.4, 0.5) is 10.3 Å². The van der Waals surface area contributed by atoms with Gasteiger partial charge in [0.15, 0.2) is 0 Å². The van der Waals surface area contributed by atoms with Crippen molar-refractivity contribution in [1.82, 2.24) is 15.3 Å². The number of aromatic nitrogens is 2. The SMILES string of the molecule is C#Cc1cc(F)cc2c1OC(CNCCCNc1ncccn1)CC2. The summed E-state index contributed by atoms with van der Waals surface area (Å²) in [5.41, 5.74) is 1.35. The van der Waals surface area contributed by atoms with Crippen LogP contribution in [0.15, 0.2) is 30.6 Å². The van der Waals surface area contributed by atoms with E-state index in [0.29, 0.717) is 17.3 Å². The van der Waals surface area contributed by atoms with Crippen molar-refractivity contribution in [3.63, 3.8) is 0 Å². The van der Waals surface area contributed by atoms with Gasteiger partial charge in [-0.3, -0.25) is 0 Å². The van der Waals surface area contributed by atoms with Gasteiger partial charge in [-0.15, -0.1) is 6.42 Å². The fourth-order valence-electron chi connectivity index (χ4n) is 2.83. The van der Waals surface area contributed by atoms with E-state index in [2.05, 4.69) is 26.5 Å². The van der Waals surface area contributed by atoms with Gasteiger partial charge in [-0.1, -0.05) is 5.92 Å². The lowest BCUT2D eigenvalue weighted by atomic mass is 9.99. The topological polar surface area (TPSA) is 59.1 Å². The van der Waals surface area contributed by atoms with Gasteiger partial charge >= 0.3 is 0 Å². The second-order valence-corrected chi connectivity index (χ2v) is 5.92. The van der Waals surface area contributed by atoms with E-state index in [1.54, 1.807) is 18.5 Å². The molecule has 2 N–H and O–H groups in total. The third-order valence-corrected chi connectivity index (χ3v) is 4.06. The monoisotopic (exact) mass is 340 g/mol. The lowest BCUT2D eigenvalue weighted by Crippen LogP contribution is -2.35. The van der Waals surface area contributed by atoms with E-state index in [-0.39, 0.29) is 11.9 Å². The summed E-state index contributed by atoms with van der Waals surface area (Å²) in [5, 5.41) is 6.55. The molecule has 6 heteroatoms. The van der Waals surface area contributed by atoms with Crippen molar-refractivity contribution >= 4 is 5.95 Å². The Morgan fingerprint density at radius 1 is 1.28 bits per heavy atom. The van der Waals surface area contributed by atoms with Crippen LogP contribution in [0.1, 0.15) is 24.0 Å². The summed E-state index contributed by atoms with van der Waals surface area (Å²) in [4.78, 5) is 8.22. The number of rotatable bonds is 7. The van der Waals surface area contributed by atoms with Crippen molar-refractivity contribution in [3.05, 3.63) is 47.5 Å². The quantitative estimate of drug-likeness (QED) is 0.599. The molecule has 1 aromatic carbocycles. The van der Waals surface area contributed by atoms with Gasteiger partial charge in [0.05, 0.1) is 5.56 Å². The molecule has 1 aliphatic heterocycles. The Kier molecular flexibility index (Phi) is 5.81. The highest BCUT2D eigenvalue weighted by molar-refractivity contribution is 5.51. The number of halogens is 1. The number of anilines is 1. The van der Waals surface area contributed by atoms with E-state index in [4.69, 9.17) is 11.2 Å². The number of benzene rings is 1. The Balaban J connectivity index is 1.40. The summed E-state index contributed by atoms with van der Waals surface area (Å²) >= 11 is 0. The molecule has 0 bridgehead atoms. The van der Waals surface area contributed by atoms with Crippen LogP contribution < -0.4 is 15.4 Å². The van der Waals surface area contributed by atoms with Crippen LogP contribution in [0.2, 0.25) is 0 Å². The number of hydrogen-bond acceptors (Lipinski definition) is 5. The lowest BCUT2D eigenvalue weighted by molar-refractivity contribution is 0.170. The molecule has 1 aliphatic rings. The fraction of sp³-hybridized carbons (Fsp3) is 0.368. The molecule has 0 radical (unpaired) electrons. The number of fused-ring (bicyclic) bond motifs is 1. The van der Waals surface area contributed by atoms with E-state index in [0.717, 1.165) is 44.5 Å². The molecule has 1 aromatic heterocycles. The van der Waals surface area contributed by atoms with Gasteiger partial charge in [0.2, 0.25) is 5.95 Å². The molecule has 0 fully saturated rings. The predicted octanol–water partition coefficient (Wildman–Crippen LogP) is 2.38. The molecule has 3 rings (SSSR count). The minimum atomic E-state index is -0.304. The van der Waals surface area contributed by atoms with Crippen LogP contribution in [-0.4, -0.2) is 35.7 Å². The zero-order valence-corrected chi connectivity index (χ0v) is 14.0. The van der Waals surface area contributed by atoms with Crippen LogP contribution in [0.25, 0.3) is 0 Å². The van der Waals surface area contributed by atoms with Crippen LogP contribution >= 0.6 is 0 Å². The van der Waals surface area contributed by atoms with Crippen LogP contribution in [-0.2, 0) is 6.42 Å². The maximum absolute atomic E-state index is 13.5. The van der Waals surface area contributed by atoms with Gasteiger partial charge in [-0.25, -0.2) is 14.4 Å². The first-order valence-corrected chi connectivity index (χ1v) is 8.43. The van der Waals surface area contributed by atoms with Crippen molar-refractivity contribution in [1.29, 1.82) is 0 Å². The summed E-state index contributed by atoms with van der Waals surface area (Å²) in [5.74, 6) is 3.51. The highest BCUT2D eigenvalue weighted by Crippen LogP contribution is 2.31. The van der Waals surface area contributed by atoms with Crippen molar-refractivity contribution < 1.29 is 9.13 Å². The summed E-state index contributed by atoms with van der Waals surface area (Å²) in [6, 6.07) is 4.65. The van der Waals surface area contributed by atoms with Crippen molar-refractivity contribution in [2.75, 3.05) is 25.0 Å². The van der Waals surface area contributed by atoms with Gasteiger partial charge in [-0.05, 0) is 49.6 Å². The van der Waals surface area contributed by atoms with E-state index in [1.165, 1.54) is 12.1 Å². The molecule has 0 aliphatic carbocycles. The largest absolute Gasteiger partial charge is 0.487 e. The van der Waals surface area contributed by atoms with Crippen molar-refractivity contribution in [2.24, 2.45) is 0 Å². The molecule has 1 unspecified atom stereocenters. The molecular formula is C19H21FN4O. The number of hydrogen-bond donors (Lipinski definition) is 2. The number of terminal acetylenes is 1. The Bertz CT molecular complexity index is 745. The molecule has 0 amide bonds. The molecule has 25 heavy (non-hydrogen) atoms. The van der Waals surface area contributed by atoms with E-state index < -0.39 is 0 Å². The average molecular weight is 340 g/mol. The molecule has 5 nitrogen and oxygen atoms in total. The zero-order chi connectivity index (χ0) is 17.5. The first kappa shape index (κ1) is 17.2. The third-order valence-electron chi connectivity index (χ3n) is 4.06. The standard InChI is InChI=1S/C19H21FN4O/c1-2-14-11-16(20)12-15-5-6-17(25-18(14)15)13-21-7-3-8-22-19-23-9-4-10-24-19/h1,4,9-12,17,21H,3,5-8,13H2,(H,22,23,24). The summed E-state index contributed by atoms with van der Waals surface area (Å²) in [6.45, 7) is 2.40. The lowest BCUT2D eigenvalue weighted by Gasteiger charge is -2.27. The van der Waals surface area contributed by atoms with Crippen LogP contribution in [0.3, 0.4) is 0 Å². The Hall–Kier alpha value is -2.65. The highest BCUT2D eigenvalue weighted by atomic mass is 19.1. The molecule has 0 saturated carbocycles. The average Bonchev–Trinajstić information content (AvgIpc) is 2.64. The first-order chi connectivity index (χ1) is 12.3. The minimum absolute atomic E-state index is 0.0514. The summed E-state index contributed by atoms with van der Waals surface area (Å²) in [6.07, 6.45) is 11.5. The van der Waals surface area contributed by atoms with E-state index in [1.807, 2.05) is 0 Å². The molecule has 0 saturated heterocycles. The smallest absolute Gasteiger partial charge is 0.222 e. The maximum atomic E-state index is 13.5. The van der Waals surface area contributed by atoms with Gasteiger partial charge < -0.3 is 15.4 Å². The van der Waals surface area contributed by atoms with Crippen molar-refractivity contribution in [2.45, 2.75) is 25.4 Å². The summed E-state index contributed by atoms with van der Waals surface area (Å²) in [7, 11) is 0. The number of nitrogens with one attached hydrogen (secondary N) is 2. The Morgan fingerprint density at radius 3 is 2.92 bits per heavy atom. The van der Waals surface area contributed by atoms with Gasteiger partial charge in [0.25, 0.3) is 0 Å². The summed E-state index contributed by atoms with van der Waals surface area (Å²) < 4.78 is 19.5. The fourth-order valence-corrected chi connectivity index (χ4v) is 2.83. The molecule has 1 atom stereocenters. The number of nitrogens with zero attached hydrogens (tertiary/aromatic N) is 2. The highest BCUT2D eigenvalue weighted by Gasteiger charge is 2.22. The molecule has 130 valence electrons. The number of ether oxygens (including phenoxy) is 1. The second kappa shape index (κ2) is 8.45. The predicted molar refractivity (Wildman–Crippen MR) is 95.1 cm³/mol. The molecule has 0 spiro atoms. The minimum Gasteiger partial charge on any atom is -0.487 e. The second-order valence-electron chi connectivity index (χ2n) is 5.92. The number of aryl methyl sites for hydroxylation is 1. The molecular weight excluding hydrogens is 319 g/mol. The molecule has 2 heterocycles. The maximum Gasteiger partial charge on any atom is 0.222 e. The zero-order valence-electron chi connectivity index (χ0n) is 14.0. The van der Waals surface area contributed by atoms with E-state index >= 15 is 0 Å². The van der Waals surface area contributed by atoms with Gasteiger partial charge in [-0.2, -0.15) is 0 Å².